The van der Waals surface area contributed by atoms with Gasteiger partial charge in [0.2, 0.25) is 0 Å². The lowest BCUT2D eigenvalue weighted by molar-refractivity contribution is -0.146. The van der Waals surface area contributed by atoms with Gasteiger partial charge in [0.25, 0.3) is 0 Å². The van der Waals surface area contributed by atoms with Crippen LogP contribution in [0.25, 0.3) is 11.4 Å². The summed E-state index contributed by atoms with van der Waals surface area (Å²) in [5, 5.41) is 0. The van der Waals surface area contributed by atoms with E-state index in [1.165, 1.54) is 7.11 Å². The number of methoxy groups -OCH3 is 1. The predicted octanol–water partition coefficient (Wildman–Crippen LogP) is 3.57. The summed E-state index contributed by atoms with van der Waals surface area (Å²) in [6.45, 7) is 8.16. The number of carbonyl (C=O) groups excluding carboxylic acids is 1. The molecule has 6 nitrogen and oxygen atoms in total. The summed E-state index contributed by atoms with van der Waals surface area (Å²) in [6.07, 6.45) is 1.04. The highest BCUT2D eigenvalue weighted by atomic mass is 16.5. The Morgan fingerprint density at radius 3 is 1.52 bits per heavy atom. The average molecular weight is 396 g/mol. The van der Waals surface area contributed by atoms with E-state index in [4.69, 9.17) is 25.7 Å². The van der Waals surface area contributed by atoms with Crippen LogP contribution in [0.3, 0.4) is 0 Å². The van der Waals surface area contributed by atoms with E-state index in [1.54, 1.807) is 0 Å². The van der Waals surface area contributed by atoms with Crippen LogP contribution < -0.4 is 20.9 Å². The molecule has 0 aromatic heterocycles. The van der Waals surface area contributed by atoms with Crippen LogP contribution in [0.2, 0.25) is 0 Å². The zero-order chi connectivity index (χ0) is 21.2. The monoisotopic (exact) mass is 396 g/mol. The first kappa shape index (κ1) is 21.9. The lowest BCUT2D eigenvalue weighted by atomic mass is 10.0. The van der Waals surface area contributed by atoms with Crippen LogP contribution in [-0.4, -0.2) is 26.3 Å². The molecule has 2 aromatic carbocycles. The van der Waals surface area contributed by atoms with Crippen LogP contribution in [0.5, 0.6) is 11.5 Å². The molecule has 0 aliphatic carbocycles. The van der Waals surface area contributed by atoms with Crippen molar-refractivity contribution in [1.29, 1.82) is 0 Å². The Kier molecular flexibility index (Phi) is 8.15. The Morgan fingerprint density at radius 1 is 0.828 bits per heavy atom. The molecule has 29 heavy (non-hydrogen) atoms. The van der Waals surface area contributed by atoms with Gasteiger partial charge in [-0.1, -0.05) is 13.2 Å². The normalized spacial score (nSPS) is 10.4. The van der Waals surface area contributed by atoms with Crippen molar-refractivity contribution in [2.24, 2.45) is 17.4 Å². The van der Waals surface area contributed by atoms with Gasteiger partial charge < -0.3 is 25.7 Å². The smallest absolute Gasteiger partial charge is 0.308 e. The number of hydrogen-bond donors (Lipinski definition) is 2. The largest absolute Gasteiger partial charge is 0.494 e. The summed E-state index contributed by atoms with van der Waals surface area (Å²) >= 11 is 0. The van der Waals surface area contributed by atoms with Gasteiger partial charge in [0.05, 0.1) is 26.2 Å². The van der Waals surface area contributed by atoms with Gasteiger partial charge in [0, 0.05) is 11.4 Å². The van der Waals surface area contributed by atoms with Crippen LogP contribution in [0.4, 0.5) is 0 Å². The Balaban J connectivity index is 1.81. The second-order valence-corrected chi connectivity index (χ2v) is 6.59. The minimum absolute atomic E-state index is 0.276. The molecule has 4 N–H and O–H groups in total. The van der Waals surface area contributed by atoms with E-state index in [0.29, 0.717) is 48.9 Å². The molecule has 0 atom stereocenters. The first-order chi connectivity index (χ1) is 13.9. The second kappa shape index (κ2) is 10.8. The van der Waals surface area contributed by atoms with Crippen molar-refractivity contribution in [2.45, 2.75) is 12.8 Å². The fraction of sp³-hybridized carbons (Fsp3) is 0.261. The molecule has 0 saturated heterocycles. The van der Waals surface area contributed by atoms with Gasteiger partial charge in [0.1, 0.15) is 11.5 Å². The summed E-state index contributed by atoms with van der Waals surface area (Å²) in [7, 11) is 1.38. The first-order valence-corrected chi connectivity index (χ1v) is 9.33. The average Bonchev–Trinajstić information content (AvgIpc) is 2.72. The van der Waals surface area contributed by atoms with Gasteiger partial charge in [-0.25, -0.2) is 0 Å². The number of nitrogens with two attached hydrogens (primary N) is 2. The van der Waals surface area contributed by atoms with Gasteiger partial charge in [-0.2, -0.15) is 0 Å². The molecule has 0 aliphatic rings. The fourth-order valence-corrected chi connectivity index (χ4v) is 2.72. The highest BCUT2D eigenvalue weighted by Crippen LogP contribution is 2.19. The third-order valence-corrected chi connectivity index (χ3v) is 4.45. The van der Waals surface area contributed by atoms with Crippen LogP contribution in [0, 0.1) is 5.92 Å². The molecule has 6 heteroatoms. The van der Waals surface area contributed by atoms with Crippen molar-refractivity contribution in [2.75, 3.05) is 20.3 Å². The number of ether oxygens (including phenoxy) is 3. The van der Waals surface area contributed by atoms with E-state index in [9.17, 15) is 4.79 Å². The molecule has 0 fully saturated rings. The molecular weight excluding hydrogens is 368 g/mol. The first-order valence-electron chi connectivity index (χ1n) is 9.33. The molecule has 0 radical (unpaired) electrons. The van der Waals surface area contributed by atoms with Crippen LogP contribution in [0.1, 0.15) is 24.0 Å². The van der Waals surface area contributed by atoms with Gasteiger partial charge in [-0.15, -0.1) is 0 Å². The van der Waals surface area contributed by atoms with E-state index in [0.717, 1.165) is 11.1 Å². The number of esters is 1. The highest BCUT2D eigenvalue weighted by Gasteiger charge is 2.19. The number of benzene rings is 2. The summed E-state index contributed by atoms with van der Waals surface area (Å²) in [4.78, 5) is 12.1. The lowest BCUT2D eigenvalue weighted by Crippen LogP contribution is -2.21. The minimum Gasteiger partial charge on any atom is -0.494 e. The Labute approximate surface area is 171 Å². The van der Waals surface area contributed by atoms with E-state index >= 15 is 0 Å². The fourth-order valence-electron chi connectivity index (χ4n) is 2.72. The topological polar surface area (TPSA) is 96.8 Å². The quantitative estimate of drug-likeness (QED) is 0.564. The summed E-state index contributed by atoms with van der Waals surface area (Å²) in [5.41, 5.74) is 14.0. The number of carbonyl (C=O) groups is 1. The molecule has 0 saturated carbocycles. The van der Waals surface area contributed by atoms with Gasteiger partial charge in [-0.05, 0) is 72.5 Å². The van der Waals surface area contributed by atoms with Gasteiger partial charge in [0.15, 0.2) is 0 Å². The molecule has 0 amide bonds. The van der Waals surface area contributed by atoms with Gasteiger partial charge in [-0.3, -0.25) is 4.79 Å². The van der Waals surface area contributed by atoms with Crippen LogP contribution in [-0.2, 0) is 9.53 Å². The summed E-state index contributed by atoms with van der Waals surface area (Å²) < 4.78 is 16.4. The number of rotatable bonds is 11. The van der Waals surface area contributed by atoms with Crippen molar-refractivity contribution < 1.29 is 19.0 Å². The second-order valence-electron chi connectivity index (χ2n) is 6.59. The molecule has 0 unspecified atom stereocenters. The summed E-state index contributed by atoms with van der Waals surface area (Å²) in [6, 6.07) is 14.7. The zero-order valence-corrected chi connectivity index (χ0v) is 16.7. The molecular formula is C23H28N2O4. The van der Waals surface area contributed by atoms with E-state index in [1.807, 2.05) is 48.5 Å². The molecule has 154 valence electrons. The molecule has 0 spiro atoms. The van der Waals surface area contributed by atoms with E-state index in [-0.39, 0.29) is 11.9 Å². The standard InChI is InChI=1S/C23H28N2O4/c1-16(24)18-4-8-21(9-5-18)28-14-12-20(23(26)27-3)13-15-29-22-10-6-19(7-11-22)17(2)25/h4-11,20H,1-2,12-15,24-25H2,3H3. The van der Waals surface area contributed by atoms with Crippen molar-refractivity contribution in [3.8, 4) is 11.5 Å². The maximum Gasteiger partial charge on any atom is 0.308 e. The molecule has 0 aliphatic heterocycles. The Hall–Kier alpha value is -3.41. The molecule has 0 heterocycles. The molecule has 2 rings (SSSR count). The van der Waals surface area contributed by atoms with Crippen molar-refractivity contribution in [1.82, 2.24) is 0 Å². The Bertz CT molecular complexity index is 765. The van der Waals surface area contributed by atoms with Crippen LogP contribution in [0.15, 0.2) is 61.7 Å². The Morgan fingerprint density at radius 2 is 1.21 bits per heavy atom. The maximum atomic E-state index is 12.1. The van der Waals surface area contributed by atoms with Crippen LogP contribution >= 0.6 is 0 Å². The van der Waals surface area contributed by atoms with Crippen molar-refractivity contribution in [3.63, 3.8) is 0 Å². The third-order valence-electron chi connectivity index (χ3n) is 4.45. The third kappa shape index (κ3) is 6.92. The van der Waals surface area contributed by atoms with Crippen molar-refractivity contribution in [3.05, 3.63) is 72.8 Å². The maximum absolute atomic E-state index is 12.1. The van der Waals surface area contributed by atoms with E-state index < -0.39 is 0 Å². The lowest BCUT2D eigenvalue weighted by Gasteiger charge is -2.16. The predicted molar refractivity (Wildman–Crippen MR) is 115 cm³/mol. The van der Waals surface area contributed by atoms with Gasteiger partial charge >= 0.3 is 5.97 Å². The number of hydrogen-bond acceptors (Lipinski definition) is 6. The van der Waals surface area contributed by atoms with E-state index in [2.05, 4.69) is 13.2 Å². The molecule has 0 bridgehead atoms. The molecule has 2 aromatic rings. The SMILES string of the molecule is C=C(N)c1ccc(OCCC(CCOc2ccc(C(=C)N)cc2)C(=O)OC)cc1. The zero-order valence-electron chi connectivity index (χ0n) is 16.7. The van der Waals surface area contributed by atoms with Crippen molar-refractivity contribution >= 4 is 17.4 Å². The highest BCUT2D eigenvalue weighted by molar-refractivity contribution is 5.72. The minimum atomic E-state index is -0.314. The summed E-state index contributed by atoms with van der Waals surface area (Å²) in [5.74, 6) is 0.820.